The molecular formula is C18H21NO2S. The first-order valence-corrected chi connectivity index (χ1v) is 8.50. The summed E-state index contributed by atoms with van der Waals surface area (Å²) in [6.45, 7) is 2.83. The molecule has 22 heavy (non-hydrogen) atoms. The van der Waals surface area contributed by atoms with Gasteiger partial charge >= 0.3 is 0 Å². The standard InChI is InChI=1S/C18H21NO2S/c1-12-3-8-16-14(9-12)10-17(22-16)18(20)19-11-13-4-6-15(21-2)7-5-13/h4-7,10,12H,3,8-9,11H2,1-2H3,(H,19,20)/t12-/m0/s1. The molecule has 1 amide bonds. The zero-order valence-electron chi connectivity index (χ0n) is 13.0. The lowest BCUT2D eigenvalue weighted by Crippen LogP contribution is -2.21. The van der Waals surface area contributed by atoms with Crippen LogP contribution in [0.1, 0.15) is 39.0 Å². The Morgan fingerprint density at radius 3 is 2.86 bits per heavy atom. The van der Waals surface area contributed by atoms with E-state index in [0.717, 1.165) is 34.9 Å². The van der Waals surface area contributed by atoms with E-state index in [1.54, 1.807) is 18.4 Å². The monoisotopic (exact) mass is 315 g/mol. The van der Waals surface area contributed by atoms with Crippen molar-refractivity contribution in [1.82, 2.24) is 5.32 Å². The highest BCUT2D eigenvalue weighted by Gasteiger charge is 2.20. The number of methoxy groups -OCH3 is 1. The Hall–Kier alpha value is -1.81. The molecule has 1 aliphatic rings. The molecule has 0 saturated carbocycles. The number of benzene rings is 1. The fourth-order valence-corrected chi connectivity index (χ4v) is 3.96. The van der Waals surface area contributed by atoms with E-state index in [1.807, 2.05) is 24.3 Å². The molecule has 0 fully saturated rings. The van der Waals surface area contributed by atoms with E-state index in [1.165, 1.54) is 16.9 Å². The zero-order chi connectivity index (χ0) is 15.5. The van der Waals surface area contributed by atoms with Crippen molar-refractivity contribution in [1.29, 1.82) is 0 Å². The van der Waals surface area contributed by atoms with Gasteiger partial charge in [0.05, 0.1) is 12.0 Å². The van der Waals surface area contributed by atoms with Gasteiger partial charge < -0.3 is 10.1 Å². The van der Waals surface area contributed by atoms with E-state index in [-0.39, 0.29) is 5.91 Å². The summed E-state index contributed by atoms with van der Waals surface area (Å²) >= 11 is 1.65. The van der Waals surface area contributed by atoms with Crippen LogP contribution in [0.15, 0.2) is 30.3 Å². The second-order valence-corrected chi connectivity index (χ2v) is 7.07. The Balaban J connectivity index is 1.62. The van der Waals surface area contributed by atoms with Crippen LogP contribution >= 0.6 is 11.3 Å². The third kappa shape index (κ3) is 3.33. The van der Waals surface area contributed by atoms with Crippen molar-refractivity contribution in [3.63, 3.8) is 0 Å². The number of fused-ring (bicyclic) bond motifs is 1. The first kappa shape index (κ1) is 15.1. The third-order valence-corrected chi connectivity index (χ3v) is 5.40. The van der Waals surface area contributed by atoms with Crippen LogP contribution in [0.2, 0.25) is 0 Å². The van der Waals surface area contributed by atoms with Gasteiger partial charge in [-0.3, -0.25) is 4.79 Å². The van der Waals surface area contributed by atoms with Gasteiger partial charge in [-0.05, 0) is 54.5 Å². The summed E-state index contributed by atoms with van der Waals surface area (Å²) in [5.41, 5.74) is 2.45. The summed E-state index contributed by atoms with van der Waals surface area (Å²) in [6, 6.07) is 9.85. The lowest BCUT2D eigenvalue weighted by molar-refractivity contribution is 0.0955. The van der Waals surface area contributed by atoms with Gasteiger partial charge in [-0.15, -0.1) is 11.3 Å². The molecule has 0 unspecified atom stereocenters. The number of aryl methyl sites for hydroxylation is 1. The summed E-state index contributed by atoms with van der Waals surface area (Å²) in [7, 11) is 1.65. The number of hydrogen-bond donors (Lipinski definition) is 1. The molecule has 4 heteroatoms. The Labute approximate surface area is 135 Å². The molecule has 1 N–H and O–H groups in total. The van der Waals surface area contributed by atoms with E-state index in [0.29, 0.717) is 6.54 Å². The summed E-state index contributed by atoms with van der Waals surface area (Å²) in [4.78, 5) is 14.6. The fraction of sp³-hybridized carbons (Fsp3) is 0.389. The van der Waals surface area contributed by atoms with Crippen molar-refractivity contribution in [2.45, 2.75) is 32.7 Å². The number of rotatable bonds is 4. The molecule has 1 aliphatic carbocycles. The van der Waals surface area contributed by atoms with E-state index < -0.39 is 0 Å². The van der Waals surface area contributed by atoms with Crippen LogP contribution in [0.5, 0.6) is 5.75 Å². The Bertz CT molecular complexity index is 660. The van der Waals surface area contributed by atoms with Gasteiger partial charge in [0.15, 0.2) is 0 Å². The minimum atomic E-state index is 0.0304. The topological polar surface area (TPSA) is 38.3 Å². The van der Waals surface area contributed by atoms with E-state index in [2.05, 4.69) is 18.3 Å². The average Bonchev–Trinajstić information content (AvgIpc) is 2.96. The Kier molecular flexibility index (Phi) is 4.48. The smallest absolute Gasteiger partial charge is 0.261 e. The molecule has 0 aliphatic heterocycles. The van der Waals surface area contributed by atoms with E-state index in [9.17, 15) is 4.79 Å². The normalized spacial score (nSPS) is 16.9. The van der Waals surface area contributed by atoms with Gasteiger partial charge in [0.25, 0.3) is 5.91 Å². The highest BCUT2D eigenvalue weighted by molar-refractivity contribution is 7.14. The van der Waals surface area contributed by atoms with Crippen LogP contribution in [-0.4, -0.2) is 13.0 Å². The third-order valence-electron chi connectivity index (χ3n) is 4.17. The van der Waals surface area contributed by atoms with Gasteiger partial charge in [-0.2, -0.15) is 0 Å². The first-order chi connectivity index (χ1) is 10.7. The second-order valence-electron chi connectivity index (χ2n) is 5.94. The number of carbonyl (C=O) groups excluding carboxylic acids is 1. The highest BCUT2D eigenvalue weighted by atomic mass is 32.1. The molecule has 2 aromatic rings. The minimum absolute atomic E-state index is 0.0304. The van der Waals surface area contributed by atoms with E-state index >= 15 is 0 Å². The molecule has 0 spiro atoms. The van der Waals surface area contributed by atoms with Crippen LogP contribution in [0.4, 0.5) is 0 Å². The lowest BCUT2D eigenvalue weighted by Gasteiger charge is -2.16. The molecule has 1 aromatic heterocycles. The number of nitrogens with one attached hydrogen (secondary N) is 1. The number of carbonyl (C=O) groups is 1. The maximum Gasteiger partial charge on any atom is 0.261 e. The summed E-state index contributed by atoms with van der Waals surface area (Å²) < 4.78 is 5.13. The van der Waals surface area contributed by atoms with Crippen molar-refractivity contribution in [3.8, 4) is 5.75 Å². The maximum absolute atomic E-state index is 12.3. The van der Waals surface area contributed by atoms with E-state index in [4.69, 9.17) is 4.74 Å². The predicted molar refractivity (Wildman–Crippen MR) is 89.7 cm³/mol. The molecule has 0 bridgehead atoms. The zero-order valence-corrected chi connectivity index (χ0v) is 13.8. The van der Waals surface area contributed by atoms with Crippen molar-refractivity contribution in [3.05, 3.63) is 51.2 Å². The van der Waals surface area contributed by atoms with Gasteiger partial charge in [0.2, 0.25) is 0 Å². The number of hydrogen-bond acceptors (Lipinski definition) is 3. The van der Waals surface area contributed by atoms with Gasteiger partial charge in [0.1, 0.15) is 5.75 Å². The Morgan fingerprint density at radius 2 is 2.14 bits per heavy atom. The quantitative estimate of drug-likeness (QED) is 0.931. The van der Waals surface area contributed by atoms with Crippen LogP contribution in [-0.2, 0) is 19.4 Å². The SMILES string of the molecule is COc1ccc(CNC(=O)c2cc3c(s2)CC[C@H](C)C3)cc1. The van der Waals surface area contributed by atoms with Crippen molar-refractivity contribution >= 4 is 17.2 Å². The number of amides is 1. The van der Waals surface area contributed by atoms with Gasteiger partial charge in [-0.25, -0.2) is 0 Å². The lowest BCUT2D eigenvalue weighted by atomic mass is 9.90. The van der Waals surface area contributed by atoms with Crippen LogP contribution in [0.25, 0.3) is 0 Å². The molecule has 1 aromatic carbocycles. The number of ether oxygens (including phenoxy) is 1. The molecule has 0 radical (unpaired) electrons. The number of thiophene rings is 1. The molecule has 3 rings (SSSR count). The molecule has 116 valence electrons. The first-order valence-electron chi connectivity index (χ1n) is 7.68. The highest BCUT2D eigenvalue weighted by Crippen LogP contribution is 2.32. The molecule has 1 heterocycles. The molecule has 1 atom stereocenters. The molecular weight excluding hydrogens is 294 g/mol. The minimum Gasteiger partial charge on any atom is -0.497 e. The van der Waals surface area contributed by atoms with Crippen LogP contribution in [0, 0.1) is 5.92 Å². The van der Waals surface area contributed by atoms with Gasteiger partial charge in [-0.1, -0.05) is 19.1 Å². The van der Waals surface area contributed by atoms with Crippen LogP contribution in [0.3, 0.4) is 0 Å². The summed E-state index contributed by atoms with van der Waals surface area (Å²) in [5, 5.41) is 3.00. The second kappa shape index (κ2) is 6.53. The summed E-state index contributed by atoms with van der Waals surface area (Å²) in [6.07, 6.45) is 3.46. The largest absolute Gasteiger partial charge is 0.497 e. The van der Waals surface area contributed by atoms with Gasteiger partial charge in [0, 0.05) is 11.4 Å². The predicted octanol–water partition coefficient (Wildman–Crippen LogP) is 3.81. The summed E-state index contributed by atoms with van der Waals surface area (Å²) in [5.74, 6) is 1.59. The Morgan fingerprint density at radius 1 is 1.36 bits per heavy atom. The van der Waals surface area contributed by atoms with Crippen molar-refractivity contribution < 1.29 is 9.53 Å². The molecule has 0 saturated heterocycles. The van der Waals surface area contributed by atoms with Crippen LogP contribution < -0.4 is 10.1 Å². The van der Waals surface area contributed by atoms with Crippen molar-refractivity contribution in [2.24, 2.45) is 5.92 Å². The molecule has 3 nitrogen and oxygen atoms in total. The fourth-order valence-electron chi connectivity index (χ4n) is 2.83. The van der Waals surface area contributed by atoms with Crippen molar-refractivity contribution in [2.75, 3.05) is 7.11 Å². The average molecular weight is 315 g/mol. The maximum atomic E-state index is 12.3.